The molecule has 0 spiro atoms. The number of ether oxygens (including phenoxy) is 1. The average molecular weight is 295 g/mol. The molecule has 0 aromatic heterocycles. The second kappa shape index (κ2) is 2.23. The third-order valence-corrected chi connectivity index (χ3v) is 0.402. The molecule has 1 nitrogen and oxygen atoms in total. The molecule has 0 N–H and O–H groups in total. The number of hydrogen-bond acceptors (Lipinski definition) is 1. The van der Waals surface area contributed by atoms with Gasteiger partial charge in [0.25, 0.3) is 0 Å². The normalized spacial score (nSPS) is 31.8. The summed E-state index contributed by atoms with van der Waals surface area (Å²) in [5.74, 6) is 0. The Morgan fingerprint density at radius 2 is 2.00 bits per heavy atom. The van der Waals surface area contributed by atoms with E-state index in [1.807, 2.05) is 0 Å². The van der Waals surface area contributed by atoms with Crippen LogP contribution in [0.5, 0.6) is 0 Å². The molecule has 1 aliphatic heterocycles. The quantitative estimate of drug-likeness (QED) is 0.460. The van der Waals surface area contributed by atoms with Gasteiger partial charge in [-0.05, 0) is 6.10 Å². The summed E-state index contributed by atoms with van der Waals surface area (Å²) >= 11 is 0. The Bertz CT molecular complexity index is 26.1. The standard InChI is InChI=1S/C3H5O.U/c1-3-2-4-3;/h3H,1-2H2;/q-1;. The van der Waals surface area contributed by atoms with Crippen molar-refractivity contribution in [2.24, 2.45) is 0 Å². The van der Waals surface area contributed by atoms with Gasteiger partial charge in [-0.2, -0.15) is 0 Å². The van der Waals surface area contributed by atoms with Gasteiger partial charge in [-0.15, -0.1) is 0 Å². The van der Waals surface area contributed by atoms with E-state index < -0.39 is 0 Å². The van der Waals surface area contributed by atoms with E-state index >= 15 is 0 Å². The molecule has 1 unspecified atom stereocenters. The summed E-state index contributed by atoms with van der Waals surface area (Å²) in [7, 11) is 0. The summed E-state index contributed by atoms with van der Waals surface area (Å²) in [4.78, 5) is 0. The van der Waals surface area contributed by atoms with Crippen molar-refractivity contribution < 1.29 is 35.9 Å². The fourth-order valence-corrected chi connectivity index (χ4v) is 0.0680. The SMILES string of the molecule is [CH2-]C1CO1.[U]. The first kappa shape index (κ1) is 6.01. The van der Waals surface area contributed by atoms with E-state index in [9.17, 15) is 0 Å². The van der Waals surface area contributed by atoms with Crippen molar-refractivity contribution in [2.45, 2.75) is 6.10 Å². The monoisotopic (exact) mass is 295 g/mol. The van der Waals surface area contributed by atoms with Gasteiger partial charge in [0.1, 0.15) is 0 Å². The van der Waals surface area contributed by atoms with Crippen LogP contribution in [-0.4, -0.2) is 12.7 Å². The molecule has 1 saturated heterocycles. The molecule has 0 radical (unpaired) electrons. The van der Waals surface area contributed by atoms with Gasteiger partial charge in [-0.1, -0.05) is 0 Å². The molecule has 5 heavy (non-hydrogen) atoms. The van der Waals surface area contributed by atoms with E-state index in [0.717, 1.165) is 6.61 Å². The molecule has 1 fully saturated rings. The minimum atomic E-state index is 0. The van der Waals surface area contributed by atoms with E-state index in [2.05, 4.69) is 11.7 Å². The minimum absolute atomic E-state index is 0. The largest absolute Gasteiger partial charge is 0.408 e. The molecule has 0 saturated carbocycles. The smallest absolute Gasteiger partial charge is 0.0414 e. The van der Waals surface area contributed by atoms with Gasteiger partial charge in [-0.25, -0.2) is 0 Å². The molecular weight excluding hydrogens is 290 g/mol. The maximum absolute atomic E-state index is 4.60. The number of rotatable bonds is 0. The topological polar surface area (TPSA) is 12.5 Å². The molecule has 1 heterocycles. The number of epoxide rings is 1. The molecular formula is C3H5OU-. The van der Waals surface area contributed by atoms with Gasteiger partial charge in [-0.3, -0.25) is 0 Å². The Hall–Kier alpha value is 1.01. The Labute approximate surface area is 55.5 Å². The van der Waals surface area contributed by atoms with Crippen molar-refractivity contribution in [1.82, 2.24) is 0 Å². The summed E-state index contributed by atoms with van der Waals surface area (Å²) < 4.78 is 4.60. The van der Waals surface area contributed by atoms with Crippen LogP contribution in [0, 0.1) is 38.0 Å². The van der Waals surface area contributed by atoms with Crippen LogP contribution in [0.15, 0.2) is 0 Å². The zero-order valence-corrected chi connectivity index (χ0v) is 7.06. The van der Waals surface area contributed by atoms with Crippen molar-refractivity contribution >= 4 is 0 Å². The Kier molecular flexibility index (Phi) is 2.68. The fourth-order valence-electron chi connectivity index (χ4n) is 0.0680. The predicted molar refractivity (Wildman–Crippen MR) is 15.1 cm³/mol. The second-order valence-electron chi connectivity index (χ2n) is 0.955. The van der Waals surface area contributed by atoms with E-state index in [1.165, 1.54) is 0 Å². The van der Waals surface area contributed by atoms with Crippen molar-refractivity contribution in [3.63, 3.8) is 0 Å². The Balaban J connectivity index is 0.000000160. The molecule has 1 rings (SSSR count). The molecule has 0 amide bonds. The summed E-state index contributed by atoms with van der Waals surface area (Å²) in [5.41, 5.74) is 0. The summed E-state index contributed by atoms with van der Waals surface area (Å²) in [6.07, 6.45) is 0.333. The Morgan fingerprint density at radius 1 is 1.80 bits per heavy atom. The van der Waals surface area contributed by atoms with Gasteiger partial charge in [0.15, 0.2) is 0 Å². The number of hydrogen-bond donors (Lipinski definition) is 0. The van der Waals surface area contributed by atoms with Crippen LogP contribution >= 0.6 is 0 Å². The molecule has 0 bridgehead atoms. The third kappa shape index (κ3) is 2.82. The van der Waals surface area contributed by atoms with E-state index in [1.54, 1.807) is 0 Å². The molecule has 0 aromatic carbocycles. The molecule has 0 aliphatic carbocycles. The summed E-state index contributed by atoms with van der Waals surface area (Å²) in [6.45, 7) is 4.40. The van der Waals surface area contributed by atoms with Gasteiger partial charge >= 0.3 is 0 Å². The first-order valence-corrected chi connectivity index (χ1v) is 1.34. The zero-order chi connectivity index (χ0) is 2.99. The van der Waals surface area contributed by atoms with Crippen LogP contribution in [0.3, 0.4) is 0 Å². The van der Waals surface area contributed by atoms with Crippen molar-refractivity contribution in [3.05, 3.63) is 6.92 Å². The third-order valence-electron chi connectivity index (χ3n) is 0.402. The van der Waals surface area contributed by atoms with Crippen molar-refractivity contribution in [1.29, 1.82) is 0 Å². The van der Waals surface area contributed by atoms with Gasteiger partial charge in [0.2, 0.25) is 0 Å². The van der Waals surface area contributed by atoms with Crippen LogP contribution in [-0.2, 0) is 4.74 Å². The average Bonchev–Trinajstić information content (AvgIpc) is 1.75. The van der Waals surface area contributed by atoms with Crippen LogP contribution in [0.25, 0.3) is 0 Å². The summed E-state index contributed by atoms with van der Waals surface area (Å²) in [6, 6.07) is 0. The molecule has 2 heteroatoms. The molecule has 0 aromatic rings. The summed E-state index contributed by atoms with van der Waals surface area (Å²) in [5, 5.41) is 0. The van der Waals surface area contributed by atoms with Crippen LogP contribution in [0.4, 0.5) is 0 Å². The van der Waals surface area contributed by atoms with E-state index in [-0.39, 0.29) is 31.1 Å². The van der Waals surface area contributed by atoms with Gasteiger partial charge in [0.05, 0.1) is 0 Å². The van der Waals surface area contributed by atoms with E-state index in [4.69, 9.17) is 0 Å². The Morgan fingerprint density at radius 3 is 2.00 bits per heavy atom. The van der Waals surface area contributed by atoms with Crippen molar-refractivity contribution in [3.8, 4) is 0 Å². The zero-order valence-electron chi connectivity index (χ0n) is 2.90. The molecule has 1 aliphatic rings. The maximum atomic E-state index is 4.60. The second-order valence-corrected chi connectivity index (χ2v) is 0.955. The first-order chi connectivity index (χ1) is 1.89. The van der Waals surface area contributed by atoms with Crippen LogP contribution < -0.4 is 0 Å². The fraction of sp³-hybridized carbons (Fsp3) is 0.667. The van der Waals surface area contributed by atoms with Crippen LogP contribution in [0.2, 0.25) is 0 Å². The van der Waals surface area contributed by atoms with Crippen LogP contribution in [0.1, 0.15) is 0 Å². The van der Waals surface area contributed by atoms with Crippen molar-refractivity contribution in [2.75, 3.05) is 6.61 Å². The maximum Gasteiger partial charge on any atom is 0.0414 e. The predicted octanol–water partition coefficient (Wildman–Crippen LogP) is 0.219. The van der Waals surface area contributed by atoms with Gasteiger partial charge in [0, 0.05) is 37.7 Å². The first-order valence-electron chi connectivity index (χ1n) is 1.34. The van der Waals surface area contributed by atoms with E-state index in [0.29, 0.717) is 6.10 Å². The molecule has 28 valence electrons. The minimum Gasteiger partial charge on any atom is -0.408 e. The molecule has 1 atom stereocenters. The van der Waals surface area contributed by atoms with Gasteiger partial charge < -0.3 is 11.7 Å².